The van der Waals surface area contributed by atoms with E-state index in [2.05, 4.69) is 57.4 Å². The average Bonchev–Trinajstić information content (AvgIpc) is 3.14. The minimum absolute atomic E-state index is 0.504. The van der Waals surface area contributed by atoms with Crippen LogP contribution < -0.4 is 5.32 Å². The van der Waals surface area contributed by atoms with Gasteiger partial charge in [-0.3, -0.25) is 9.89 Å². The maximum Gasteiger partial charge on any atom is 0.194 e. The van der Waals surface area contributed by atoms with E-state index in [-0.39, 0.29) is 0 Å². The van der Waals surface area contributed by atoms with Crippen LogP contribution in [0.3, 0.4) is 0 Å². The van der Waals surface area contributed by atoms with Crippen molar-refractivity contribution in [2.24, 2.45) is 4.99 Å². The molecule has 20 heavy (non-hydrogen) atoms. The first-order valence-electron chi connectivity index (χ1n) is 7.65. The van der Waals surface area contributed by atoms with Crippen LogP contribution in [0.4, 0.5) is 0 Å². The second-order valence-electron chi connectivity index (χ2n) is 6.32. The van der Waals surface area contributed by atoms with Crippen molar-refractivity contribution in [1.29, 1.82) is 0 Å². The number of guanidine groups is 1. The molecule has 4 nitrogen and oxygen atoms in total. The first-order valence-corrected chi connectivity index (χ1v) is 7.65. The van der Waals surface area contributed by atoms with Gasteiger partial charge in [-0.25, -0.2) is 0 Å². The van der Waals surface area contributed by atoms with Crippen molar-refractivity contribution in [3.63, 3.8) is 0 Å². The number of hydrogen-bond donors (Lipinski definition) is 1. The molecule has 1 aromatic rings. The summed E-state index contributed by atoms with van der Waals surface area (Å²) in [6, 6.07) is 12.7. The Labute approximate surface area is 120 Å². The summed E-state index contributed by atoms with van der Waals surface area (Å²) < 4.78 is 0. The van der Waals surface area contributed by atoms with Gasteiger partial charge >= 0.3 is 0 Å². The maximum atomic E-state index is 4.64. The number of nitrogens with one attached hydrogen (secondary N) is 1. The molecule has 0 spiro atoms. The number of rotatable bonds is 2. The quantitative estimate of drug-likeness (QED) is 0.878. The molecule has 0 radical (unpaired) electrons. The molecule has 0 aromatic heterocycles. The Morgan fingerprint density at radius 3 is 2.70 bits per heavy atom. The number of nitrogens with zero attached hydrogens (tertiary/aromatic N) is 3. The summed E-state index contributed by atoms with van der Waals surface area (Å²) in [5.74, 6) is 1.14. The first kappa shape index (κ1) is 12.2. The SMILES string of the molecule is CC1CN=C(N2CC3CC2CN3Cc2ccccc2)N1. The highest BCUT2D eigenvalue weighted by Crippen LogP contribution is 2.32. The van der Waals surface area contributed by atoms with E-state index in [1.54, 1.807) is 0 Å². The summed E-state index contributed by atoms with van der Waals surface area (Å²) in [6.07, 6.45) is 1.29. The molecule has 0 saturated carbocycles. The number of hydrogen-bond acceptors (Lipinski definition) is 4. The summed E-state index contributed by atoms with van der Waals surface area (Å²) in [7, 11) is 0. The van der Waals surface area contributed by atoms with Gasteiger partial charge in [0.15, 0.2) is 5.96 Å². The summed E-state index contributed by atoms with van der Waals surface area (Å²) in [5, 5.41) is 3.50. The summed E-state index contributed by atoms with van der Waals surface area (Å²) in [5.41, 5.74) is 1.43. The van der Waals surface area contributed by atoms with Gasteiger partial charge in [0, 0.05) is 37.8 Å². The molecule has 2 bridgehead atoms. The summed E-state index contributed by atoms with van der Waals surface area (Å²) in [6.45, 7) is 6.53. The molecule has 0 aliphatic carbocycles. The predicted molar refractivity (Wildman–Crippen MR) is 80.7 cm³/mol. The van der Waals surface area contributed by atoms with E-state index in [0.29, 0.717) is 18.1 Å². The monoisotopic (exact) mass is 270 g/mol. The highest BCUT2D eigenvalue weighted by atomic mass is 15.4. The number of aliphatic imine (C=N–C) groups is 1. The lowest BCUT2D eigenvalue weighted by Gasteiger charge is -2.35. The van der Waals surface area contributed by atoms with Gasteiger partial charge in [0.25, 0.3) is 0 Å². The topological polar surface area (TPSA) is 30.9 Å². The smallest absolute Gasteiger partial charge is 0.194 e. The second-order valence-corrected chi connectivity index (χ2v) is 6.32. The van der Waals surface area contributed by atoms with Gasteiger partial charge < -0.3 is 10.2 Å². The largest absolute Gasteiger partial charge is 0.352 e. The minimum Gasteiger partial charge on any atom is -0.352 e. The molecule has 2 saturated heterocycles. The number of likely N-dealkylation sites (tertiary alicyclic amines) is 2. The van der Waals surface area contributed by atoms with E-state index in [4.69, 9.17) is 0 Å². The zero-order valence-corrected chi connectivity index (χ0v) is 12.0. The standard InChI is InChI=1S/C16H22N4/c1-12-8-17-16(18-12)20-11-14-7-15(20)10-19(14)9-13-5-3-2-4-6-13/h2-6,12,14-15H,7-11H2,1H3,(H,17,18). The molecule has 4 heteroatoms. The fourth-order valence-corrected chi connectivity index (χ4v) is 3.73. The number of fused-ring (bicyclic) bond motifs is 2. The van der Waals surface area contributed by atoms with Crippen molar-refractivity contribution in [1.82, 2.24) is 15.1 Å². The van der Waals surface area contributed by atoms with Gasteiger partial charge in [-0.1, -0.05) is 30.3 Å². The average molecular weight is 270 g/mol. The fourth-order valence-electron chi connectivity index (χ4n) is 3.73. The Bertz CT molecular complexity index is 512. The molecule has 3 heterocycles. The minimum atomic E-state index is 0.504. The molecule has 1 N–H and O–H groups in total. The molecule has 3 atom stereocenters. The Morgan fingerprint density at radius 1 is 1.20 bits per heavy atom. The lowest BCUT2D eigenvalue weighted by molar-refractivity contribution is 0.167. The zero-order chi connectivity index (χ0) is 13.5. The van der Waals surface area contributed by atoms with Crippen LogP contribution in [0.15, 0.2) is 35.3 Å². The second kappa shape index (κ2) is 4.77. The molecule has 2 fully saturated rings. The molecule has 3 aliphatic heterocycles. The van der Waals surface area contributed by atoms with Gasteiger partial charge in [0.1, 0.15) is 0 Å². The Kier molecular flexibility index (Phi) is 2.91. The van der Waals surface area contributed by atoms with E-state index in [1.807, 2.05) is 0 Å². The van der Waals surface area contributed by atoms with Gasteiger partial charge in [-0.15, -0.1) is 0 Å². The van der Waals surface area contributed by atoms with Gasteiger partial charge in [-0.2, -0.15) is 0 Å². The Balaban J connectivity index is 1.40. The van der Waals surface area contributed by atoms with Crippen molar-refractivity contribution in [3.8, 4) is 0 Å². The van der Waals surface area contributed by atoms with E-state index < -0.39 is 0 Å². The molecule has 0 amide bonds. The normalized spacial score (nSPS) is 32.5. The predicted octanol–water partition coefficient (Wildman–Crippen LogP) is 1.29. The number of piperazine rings is 1. The highest BCUT2D eigenvalue weighted by Gasteiger charge is 2.44. The fraction of sp³-hybridized carbons (Fsp3) is 0.562. The van der Waals surface area contributed by atoms with Crippen LogP contribution in [0.2, 0.25) is 0 Å². The van der Waals surface area contributed by atoms with Crippen LogP contribution in [0.5, 0.6) is 0 Å². The van der Waals surface area contributed by atoms with Crippen molar-refractivity contribution in [2.75, 3.05) is 19.6 Å². The summed E-state index contributed by atoms with van der Waals surface area (Å²) in [4.78, 5) is 9.77. The van der Waals surface area contributed by atoms with E-state index in [0.717, 1.165) is 25.6 Å². The van der Waals surface area contributed by atoms with E-state index in [1.165, 1.54) is 18.5 Å². The van der Waals surface area contributed by atoms with Gasteiger partial charge in [0.05, 0.1) is 6.54 Å². The highest BCUT2D eigenvalue weighted by molar-refractivity contribution is 5.82. The van der Waals surface area contributed by atoms with Crippen molar-refractivity contribution < 1.29 is 0 Å². The van der Waals surface area contributed by atoms with Crippen molar-refractivity contribution in [3.05, 3.63) is 35.9 Å². The molecular weight excluding hydrogens is 248 g/mol. The summed E-state index contributed by atoms with van der Waals surface area (Å²) >= 11 is 0. The van der Waals surface area contributed by atoms with Crippen LogP contribution >= 0.6 is 0 Å². The molecule has 3 aliphatic rings. The zero-order valence-electron chi connectivity index (χ0n) is 12.0. The molecular formula is C16H22N4. The lowest BCUT2D eigenvalue weighted by atomic mass is 10.2. The third kappa shape index (κ3) is 2.08. The van der Waals surface area contributed by atoms with Crippen LogP contribution in [0, 0.1) is 0 Å². The molecule has 3 unspecified atom stereocenters. The van der Waals surface area contributed by atoms with Crippen molar-refractivity contribution in [2.45, 2.75) is 38.0 Å². The number of benzene rings is 1. The Hall–Kier alpha value is -1.55. The molecule has 1 aromatic carbocycles. The molecule has 106 valence electrons. The van der Waals surface area contributed by atoms with E-state index >= 15 is 0 Å². The third-order valence-electron chi connectivity index (χ3n) is 4.74. The Morgan fingerprint density at radius 2 is 2.05 bits per heavy atom. The molecule has 4 rings (SSSR count). The van der Waals surface area contributed by atoms with E-state index in [9.17, 15) is 0 Å². The maximum absolute atomic E-state index is 4.64. The van der Waals surface area contributed by atoms with Crippen LogP contribution in [-0.2, 0) is 6.54 Å². The van der Waals surface area contributed by atoms with Crippen LogP contribution in [-0.4, -0.2) is 53.5 Å². The van der Waals surface area contributed by atoms with Gasteiger partial charge in [-0.05, 0) is 18.9 Å². The van der Waals surface area contributed by atoms with Crippen molar-refractivity contribution >= 4 is 5.96 Å². The first-order chi connectivity index (χ1) is 9.79. The third-order valence-corrected chi connectivity index (χ3v) is 4.74. The lowest BCUT2D eigenvalue weighted by Crippen LogP contribution is -2.52. The van der Waals surface area contributed by atoms with Crippen LogP contribution in [0.25, 0.3) is 0 Å². The van der Waals surface area contributed by atoms with Gasteiger partial charge in [0.2, 0.25) is 0 Å². The van der Waals surface area contributed by atoms with Crippen LogP contribution in [0.1, 0.15) is 18.9 Å².